The minimum Gasteiger partial charge on any atom is -0.458 e. The number of hydrogen-bond donors (Lipinski definition) is 1. The molecular formula is C16H19NO3. The van der Waals surface area contributed by atoms with Crippen molar-refractivity contribution in [3.63, 3.8) is 0 Å². The maximum absolute atomic E-state index is 12.0. The number of rotatable bonds is 4. The molecule has 0 saturated carbocycles. The third-order valence-corrected chi connectivity index (χ3v) is 2.35. The van der Waals surface area contributed by atoms with Crippen molar-refractivity contribution in [1.29, 1.82) is 0 Å². The second-order valence-corrected chi connectivity index (χ2v) is 5.33. The van der Waals surface area contributed by atoms with Crippen LogP contribution in [0.25, 0.3) is 0 Å². The van der Waals surface area contributed by atoms with Crippen molar-refractivity contribution in [2.24, 2.45) is 0 Å². The number of nitrogens with one attached hydrogen (secondary N) is 1. The fraction of sp³-hybridized carbons (Fsp3) is 0.375. The van der Waals surface area contributed by atoms with Gasteiger partial charge in [0.2, 0.25) is 0 Å². The smallest absolute Gasteiger partial charge is 0.330 e. The molecule has 1 aromatic rings. The number of hydrogen-bond acceptors (Lipinski definition) is 3. The highest BCUT2D eigenvalue weighted by Crippen LogP contribution is 2.10. The average molecular weight is 273 g/mol. The number of amides is 1. The zero-order valence-electron chi connectivity index (χ0n) is 12.0. The molecule has 0 aliphatic carbocycles. The van der Waals surface area contributed by atoms with Gasteiger partial charge in [-0.1, -0.05) is 18.2 Å². The van der Waals surface area contributed by atoms with Crippen LogP contribution >= 0.6 is 0 Å². The van der Waals surface area contributed by atoms with Gasteiger partial charge in [0, 0.05) is 12.0 Å². The Kier molecular flexibility index (Phi) is 5.33. The molecule has 0 unspecified atom stereocenters. The summed E-state index contributed by atoms with van der Waals surface area (Å²) in [6.07, 6.45) is 5.33. The first-order chi connectivity index (χ1) is 9.33. The van der Waals surface area contributed by atoms with Crippen LogP contribution in [0.5, 0.6) is 0 Å². The highest BCUT2D eigenvalue weighted by Gasteiger charge is 2.26. The molecule has 0 spiro atoms. The fourth-order valence-corrected chi connectivity index (χ4v) is 1.52. The standard InChI is InChI=1S/C16H19NO3/c1-5-9-13(15(19)20-16(2,3)4)17-14(18)12-10-7-6-8-11-12/h1,6-8,10-11,13H,9H2,2-4H3,(H,17,18)/t13-/m0/s1. The van der Waals surface area contributed by atoms with E-state index in [4.69, 9.17) is 11.2 Å². The molecule has 4 nitrogen and oxygen atoms in total. The van der Waals surface area contributed by atoms with E-state index in [-0.39, 0.29) is 12.3 Å². The van der Waals surface area contributed by atoms with Gasteiger partial charge in [-0.05, 0) is 32.9 Å². The maximum atomic E-state index is 12.0. The first-order valence-electron chi connectivity index (χ1n) is 6.36. The molecule has 0 saturated heterocycles. The third-order valence-electron chi connectivity index (χ3n) is 2.35. The Morgan fingerprint density at radius 1 is 1.30 bits per heavy atom. The summed E-state index contributed by atoms with van der Waals surface area (Å²) in [5.41, 5.74) is -0.153. The normalized spacial score (nSPS) is 12.1. The Morgan fingerprint density at radius 2 is 1.90 bits per heavy atom. The van der Waals surface area contributed by atoms with Crippen molar-refractivity contribution in [2.75, 3.05) is 0 Å². The van der Waals surface area contributed by atoms with Crippen LogP contribution in [0.1, 0.15) is 37.6 Å². The topological polar surface area (TPSA) is 55.4 Å². The molecule has 0 fully saturated rings. The van der Waals surface area contributed by atoms with Crippen LogP contribution in [-0.2, 0) is 9.53 Å². The molecule has 0 heterocycles. The van der Waals surface area contributed by atoms with Crippen LogP contribution in [0, 0.1) is 12.3 Å². The number of carbonyl (C=O) groups is 2. The van der Waals surface area contributed by atoms with E-state index in [1.165, 1.54) is 0 Å². The summed E-state index contributed by atoms with van der Waals surface area (Å²) in [5.74, 6) is 1.50. The van der Waals surface area contributed by atoms with Crippen LogP contribution in [0.2, 0.25) is 0 Å². The van der Waals surface area contributed by atoms with Crippen molar-refractivity contribution in [1.82, 2.24) is 5.32 Å². The summed E-state index contributed by atoms with van der Waals surface area (Å²) in [4.78, 5) is 24.0. The van der Waals surface area contributed by atoms with Crippen LogP contribution in [0.3, 0.4) is 0 Å². The van der Waals surface area contributed by atoms with Gasteiger partial charge >= 0.3 is 5.97 Å². The molecule has 0 bridgehead atoms. The number of terminal acetylenes is 1. The Balaban J connectivity index is 2.75. The molecule has 1 amide bonds. The summed E-state index contributed by atoms with van der Waals surface area (Å²) in [5, 5.41) is 2.60. The molecule has 0 radical (unpaired) electrons. The summed E-state index contributed by atoms with van der Waals surface area (Å²) in [6, 6.07) is 7.79. The number of carbonyl (C=O) groups excluding carboxylic acids is 2. The van der Waals surface area contributed by atoms with Crippen molar-refractivity contribution in [3.8, 4) is 12.3 Å². The zero-order valence-corrected chi connectivity index (χ0v) is 12.0. The van der Waals surface area contributed by atoms with E-state index < -0.39 is 17.6 Å². The molecule has 1 N–H and O–H groups in total. The van der Waals surface area contributed by atoms with E-state index in [1.807, 2.05) is 6.07 Å². The first kappa shape index (κ1) is 15.8. The minimum absolute atomic E-state index is 0.0908. The average Bonchev–Trinajstić information content (AvgIpc) is 2.37. The van der Waals surface area contributed by atoms with Crippen LogP contribution < -0.4 is 5.32 Å². The molecule has 0 aromatic heterocycles. The van der Waals surface area contributed by atoms with Gasteiger partial charge in [-0.2, -0.15) is 0 Å². The minimum atomic E-state index is -0.841. The summed E-state index contributed by atoms with van der Waals surface area (Å²) in [6.45, 7) is 5.28. The Labute approximate surface area is 119 Å². The molecule has 0 aliphatic rings. The largest absolute Gasteiger partial charge is 0.458 e. The summed E-state index contributed by atoms with van der Waals surface area (Å²) >= 11 is 0. The van der Waals surface area contributed by atoms with Gasteiger partial charge in [0.15, 0.2) is 0 Å². The van der Waals surface area contributed by atoms with Gasteiger partial charge in [-0.15, -0.1) is 12.3 Å². The monoisotopic (exact) mass is 273 g/mol. The highest BCUT2D eigenvalue weighted by molar-refractivity contribution is 5.96. The van der Waals surface area contributed by atoms with Crippen molar-refractivity contribution in [3.05, 3.63) is 35.9 Å². The predicted octanol–water partition coefficient (Wildman–Crippen LogP) is 2.15. The van der Waals surface area contributed by atoms with Crippen molar-refractivity contribution in [2.45, 2.75) is 38.8 Å². The lowest BCUT2D eigenvalue weighted by atomic mass is 10.1. The Hall–Kier alpha value is -2.28. The summed E-state index contributed by atoms with van der Waals surface area (Å²) in [7, 11) is 0. The van der Waals surface area contributed by atoms with Gasteiger partial charge in [0.1, 0.15) is 11.6 Å². The molecular weight excluding hydrogens is 254 g/mol. The second kappa shape index (κ2) is 6.76. The number of ether oxygens (including phenoxy) is 1. The highest BCUT2D eigenvalue weighted by atomic mass is 16.6. The van der Waals surface area contributed by atoms with Gasteiger partial charge in [-0.3, -0.25) is 4.79 Å². The Morgan fingerprint density at radius 3 is 2.40 bits per heavy atom. The fourth-order valence-electron chi connectivity index (χ4n) is 1.52. The molecule has 0 aliphatic heterocycles. The molecule has 4 heteroatoms. The lowest BCUT2D eigenvalue weighted by Crippen LogP contribution is -2.44. The lowest BCUT2D eigenvalue weighted by Gasteiger charge is -2.23. The SMILES string of the molecule is C#CC[C@H](NC(=O)c1ccccc1)C(=O)OC(C)(C)C. The quantitative estimate of drug-likeness (QED) is 0.675. The van der Waals surface area contributed by atoms with Crippen LogP contribution in [-0.4, -0.2) is 23.5 Å². The predicted molar refractivity (Wildman–Crippen MR) is 77.0 cm³/mol. The van der Waals surface area contributed by atoms with Crippen LogP contribution in [0.4, 0.5) is 0 Å². The first-order valence-corrected chi connectivity index (χ1v) is 6.36. The van der Waals surface area contributed by atoms with E-state index in [0.717, 1.165) is 0 Å². The number of esters is 1. The molecule has 106 valence electrons. The van der Waals surface area contributed by atoms with Gasteiger partial charge in [-0.25, -0.2) is 4.79 Å². The van der Waals surface area contributed by atoms with Gasteiger partial charge < -0.3 is 10.1 Å². The van der Waals surface area contributed by atoms with E-state index in [1.54, 1.807) is 45.0 Å². The number of benzene rings is 1. The van der Waals surface area contributed by atoms with E-state index in [2.05, 4.69) is 11.2 Å². The Bertz CT molecular complexity index is 509. The molecule has 1 aromatic carbocycles. The molecule has 1 atom stereocenters. The molecule has 1 rings (SSSR count). The van der Waals surface area contributed by atoms with E-state index >= 15 is 0 Å². The van der Waals surface area contributed by atoms with Gasteiger partial charge in [0.05, 0.1) is 0 Å². The maximum Gasteiger partial charge on any atom is 0.330 e. The van der Waals surface area contributed by atoms with Crippen molar-refractivity contribution < 1.29 is 14.3 Å². The third kappa shape index (κ3) is 5.15. The molecule has 20 heavy (non-hydrogen) atoms. The lowest BCUT2D eigenvalue weighted by molar-refractivity contribution is -0.157. The zero-order chi connectivity index (χ0) is 15.2. The van der Waals surface area contributed by atoms with E-state index in [0.29, 0.717) is 5.56 Å². The summed E-state index contributed by atoms with van der Waals surface area (Å²) < 4.78 is 5.24. The second-order valence-electron chi connectivity index (χ2n) is 5.33. The van der Waals surface area contributed by atoms with Crippen molar-refractivity contribution >= 4 is 11.9 Å². The van der Waals surface area contributed by atoms with E-state index in [9.17, 15) is 9.59 Å². The van der Waals surface area contributed by atoms with Crippen LogP contribution in [0.15, 0.2) is 30.3 Å². The van der Waals surface area contributed by atoms with Gasteiger partial charge in [0.25, 0.3) is 5.91 Å².